The van der Waals surface area contributed by atoms with Gasteiger partial charge in [0.1, 0.15) is 0 Å². The lowest BCUT2D eigenvalue weighted by Crippen LogP contribution is -2.33. The number of rotatable bonds is 7. The van der Waals surface area contributed by atoms with Gasteiger partial charge in [0.2, 0.25) is 0 Å². The normalized spacial score (nSPS) is 21.6. The van der Waals surface area contributed by atoms with E-state index in [4.69, 9.17) is 21.4 Å². The Morgan fingerprint density at radius 1 is 1.10 bits per heavy atom. The number of aromatic nitrogens is 1. The number of hydrogen-bond acceptors (Lipinski definition) is 4. The Labute approximate surface area is 187 Å². The summed E-state index contributed by atoms with van der Waals surface area (Å²) in [5.41, 5.74) is 5.39. The van der Waals surface area contributed by atoms with Gasteiger partial charge in [0.05, 0.1) is 35.5 Å². The number of ether oxygens (including phenoxy) is 1. The summed E-state index contributed by atoms with van der Waals surface area (Å²) >= 11 is 6.68. The van der Waals surface area contributed by atoms with E-state index in [9.17, 15) is 10.2 Å². The lowest BCUT2D eigenvalue weighted by molar-refractivity contribution is -0.113. The van der Waals surface area contributed by atoms with Gasteiger partial charge in [0, 0.05) is 43.1 Å². The van der Waals surface area contributed by atoms with Crippen molar-refractivity contribution in [3.63, 3.8) is 0 Å². The molecule has 2 heterocycles. The zero-order chi connectivity index (χ0) is 22.0. The van der Waals surface area contributed by atoms with Crippen molar-refractivity contribution in [3.8, 4) is 0 Å². The molecule has 1 aromatic heterocycles. The lowest BCUT2D eigenvalue weighted by atomic mass is 9.95. The summed E-state index contributed by atoms with van der Waals surface area (Å²) in [6, 6.07) is 12.5. The molecule has 0 radical (unpaired) electrons. The number of aryl methyl sites for hydroxylation is 2. The van der Waals surface area contributed by atoms with Crippen LogP contribution in [-0.4, -0.2) is 45.3 Å². The Bertz CT molecular complexity index is 1030. The van der Waals surface area contributed by atoms with Crippen LogP contribution >= 0.6 is 11.6 Å². The van der Waals surface area contributed by atoms with Gasteiger partial charge in [0.15, 0.2) is 0 Å². The molecular weight excluding hydrogens is 414 g/mol. The molecule has 31 heavy (non-hydrogen) atoms. The molecule has 2 aromatic carbocycles. The standard InChI is InChI=1S/C25H30ClNO4/c1-16-9-21-22(24-12-19(30)11-20(15-29)31-24)14-27(25(21)23(26)10-16)13-18-6-4-17(5-7-18)3-2-8-28/h4-7,9-10,14,19-20,24,28-30H,2-3,8,11-13,15H2,1H3/t19-,20-,24+/m0/s1. The average molecular weight is 444 g/mol. The van der Waals surface area contributed by atoms with Crippen molar-refractivity contribution < 1.29 is 20.1 Å². The van der Waals surface area contributed by atoms with Crippen LogP contribution < -0.4 is 0 Å². The van der Waals surface area contributed by atoms with Crippen LogP contribution in [0.5, 0.6) is 0 Å². The zero-order valence-corrected chi connectivity index (χ0v) is 18.6. The van der Waals surface area contributed by atoms with Crippen molar-refractivity contribution in [1.82, 2.24) is 4.57 Å². The zero-order valence-electron chi connectivity index (χ0n) is 17.8. The van der Waals surface area contributed by atoms with E-state index in [2.05, 4.69) is 41.1 Å². The number of halogens is 1. The number of hydrogen-bond donors (Lipinski definition) is 3. The second-order valence-corrected chi connectivity index (χ2v) is 8.96. The quantitative estimate of drug-likeness (QED) is 0.512. The predicted molar refractivity (Wildman–Crippen MR) is 123 cm³/mol. The van der Waals surface area contributed by atoms with Crippen LogP contribution in [0.1, 0.15) is 47.6 Å². The second-order valence-electron chi connectivity index (χ2n) is 8.55. The van der Waals surface area contributed by atoms with E-state index in [0.29, 0.717) is 24.4 Å². The maximum absolute atomic E-state index is 10.3. The molecule has 1 saturated heterocycles. The van der Waals surface area contributed by atoms with Crippen molar-refractivity contribution in [3.05, 3.63) is 69.9 Å². The molecule has 0 amide bonds. The highest BCUT2D eigenvalue weighted by Gasteiger charge is 2.31. The van der Waals surface area contributed by atoms with Gasteiger partial charge in [-0.2, -0.15) is 0 Å². The molecule has 0 saturated carbocycles. The number of nitrogens with zero attached hydrogens (tertiary/aromatic N) is 1. The molecular formula is C25H30ClNO4. The van der Waals surface area contributed by atoms with E-state index in [1.165, 1.54) is 5.56 Å². The topological polar surface area (TPSA) is 74.8 Å². The summed E-state index contributed by atoms with van der Waals surface area (Å²) < 4.78 is 8.26. The number of aliphatic hydroxyl groups excluding tert-OH is 3. The van der Waals surface area contributed by atoms with Gasteiger partial charge < -0.3 is 24.6 Å². The molecule has 0 bridgehead atoms. The van der Waals surface area contributed by atoms with Crippen molar-refractivity contribution in [1.29, 1.82) is 0 Å². The summed E-state index contributed by atoms with van der Waals surface area (Å²) in [7, 11) is 0. The fourth-order valence-electron chi connectivity index (χ4n) is 4.53. The van der Waals surface area contributed by atoms with Crippen molar-refractivity contribution in [2.45, 2.75) is 57.5 Å². The van der Waals surface area contributed by atoms with E-state index in [1.54, 1.807) is 0 Å². The smallest absolute Gasteiger partial charge is 0.0875 e. The van der Waals surface area contributed by atoms with Gasteiger partial charge >= 0.3 is 0 Å². The van der Waals surface area contributed by atoms with E-state index in [0.717, 1.165) is 40.4 Å². The highest BCUT2D eigenvalue weighted by Crippen LogP contribution is 2.39. The third-order valence-electron chi connectivity index (χ3n) is 6.03. The summed E-state index contributed by atoms with van der Waals surface area (Å²) in [6.07, 6.45) is 3.51. The SMILES string of the molecule is Cc1cc(Cl)c2c(c1)c([C@H]1C[C@@H](O)C[C@@H](CO)O1)cn2Cc1ccc(CCCO)cc1. The molecule has 3 atom stereocenters. The van der Waals surface area contributed by atoms with Gasteiger partial charge in [-0.05, 0) is 48.6 Å². The third-order valence-corrected chi connectivity index (χ3v) is 6.32. The number of fused-ring (bicyclic) bond motifs is 1. The van der Waals surface area contributed by atoms with Crippen molar-refractivity contribution in [2.75, 3.05) is 13.2 Å². The largest absolute Gasteiger partial charge is 0.396 e. The molecule has 6 heteroatoms. The molecule has 1 aliphatic heterocycles. The van der Waals surface area contributed by atoms with Crippen LogP contribution in [0.4, 0.5) is 0 Å². The van der Waals surface area contributed by atoms with Crippen LogP contribution in [0.3, 0.4) is 0 Å². The van der Waals surface area contributed by atoms with Gasteiger partial charge in [-0.1, -0.05) is 35.9 Å². The Hall–Kier alpha value is -1.89. The van der Waals surface area contributed by atoms with Crippen LogP contribution in [0.25, 0.3) is 10.9 Å². The van der Waals surface area contributed by atoms with Crippen molar-refractivity contribution in [2.24, 2.45) is 0 Å². The molecule has 0 unspecified atom stereocenters. The average Bonchev–Trinajstić information content (AvgIpc) is 3.11. The minimum Gasteiger partial charge on any atom is -0.396 e. The molecule has 3 aromatic rings. The Kier molecular flexibility index (Phi) is 6.99. The first-order chi connectivity index (χ1) is 15.0. The first-order valence-corrected chi connectivity index (χ1v) is 11.3. The molecule has 1 fully saturated rings. The number of aliphatic hydroxyl groups is 3. The van der Waals surface area contributed by atoms with Crippen LogP contribution in [0.2, 0.25) is 5.02 Å². The molecule has 0 spiro atoms. The van der Waals surface area contributed by atoms with Crippen molar-refractivity contribution >= 4 is 22.5 Å². The van der Waals surface area contributed by atoms with Crippen LogP contribution in [0, 0.1) is 6.92 Å². The van der Waals surface area contributed by atoms with Crippen LogP contribution in [-0.2, 0) is 17.7 Å². The van der Waals surface area contributed by atoms with Gasteiger partial charge in [0.25, 0.3) is 0 Å². The number of benzene rings is 2. The van der Waals surface area contributed by atoms with E-state index in [-0.39, 0.29) is 25.4 Å². The summed E-state index contributed by atoms with van der Waals surface area (Å²) in [5, 5.41) is 30.6. The van der Waals surface area contributed by atoms with E-state index in [1.807, 2.05) is 13.0 Å². The predicted octanol–water partition coefficient (Wildman–Crippen LogP) is 4.15. The third kappa shape index (κ3) is 4.97. The van der Waals surface area contributed by atoms with Gasteiger partial charge in [-0.15, -0.1) is 0 Å². The highest BCUT2D eigenvalue weighted by atomic mass is 35.5. The first-order valence-electron chi connectivity index (χ1n) is 10.9. The first kappa shape index (κ1) is 22.3. The Morgan fingerprint density at radius 3 is 2.55 bits per heavy atom. The summed E-state index contributed by atoms with van der Waals surface area (Å²) in [6.45, 7) is 2.78. The van der Waals surface area contributed by atoms with Gasteiger partial charge in [-0.3, -0.25) is 0 Å². The molecule has 166 valence electrons. The van der Waals surface area contributed by atoms with E-state index < -0.39 is 6.10 Å². The maximum atomic E-state index is 10.3. The minimum atomic E-state index is -0.499. The molecule has 1 aliphatic rings. The Balaban J connectivity index is 1.69. The summed E-state index contributed by atoms with van der Waals surface area (Å²) in [4.78, 5) is 0. The Morgan fingerprint density at radius 2 is 1.84 bits per heavy atom. The monoisotopic (exact) mass is 443 g/mol. The maximum Gasteiger partial charge on any atom is 0.0875 e. The second kappa shape index (κ2) is 9.72. The molecule has 3 N–H and O–H groups in total. The van der Waals surface area contributed by atoms with E-state index >= 15 is 0 Å². The van der Waals surface area contributed by atoms with Crippen LogP contribution in [0.15, 0.2) is 42.6 Å². The summed E-state index contributed by atoms with van der Waals surface area (Å²) in [5.74, 6) is 0. The molecule has 0 aliphatic carbocycles. The molecule has 5 nitrogen and oxygen atoms in total. The lowest BCUT2D eigenvalue weighted by Gasteiger charge is -2.32. The minimum absolute atomic E-state index is 0.103. The van der Waals surface area contributed by atoms with Gasteiger partial charge in [-0.25, -0.2) is 0 Å². The molecule has 4 rings (SSSR count). The highest BCUT2D eigenvalue weighted by molar-refractivity contribution is 6.35. The fourth-order valence-corrected chi connectivity index (χ4v) is 4.91. The fraction of sp³-hybridized carbons (Fsp3) is 0.440.